The number of non-ortho nitro benzene ring substituents is 1. The van der Waals surface area contributed by atoms with Gasteiger partial charge < -0.3 is 15.4 Å². The fourth-order valence-electron chi connectivity index (χ4n) is 1.73. The van der Waals surface area contributed by atoms with Crippen LogP contribution >= 0.6 is 0 Å². The van der Waals surface area contributed by atoms with E-state index in [1.165, 1.54) is 24.4 Å². The van der Waals surface area contributed by atoms with E-state index in [9.17, 15) is 20.2 Å². The predicted octanol–water partition coefficient (Wildman–Crippen LogP) is 2.55. The van der Waals surface area contributed by atoms with Crippen LogP contribution in [0.4, 0.5) is 17.2 Å². The molecule has 2 aromatic rings. The van der Waals surface area contributed by atoms with Crippen LogP contribution in [0, 0.1) is 20.2 Å². The summed E-state index contributed by atoms with van der Waals surface area (Å²) in [6, 6.07) is 9.24. The molecule has 2 rings (SSSR count). The molecule has 0 atom stereocenters. The Labute approximate surface area is 119 Å². The van der Waals surface area contributed by atoms with Crippen molar-refractivity contribution in [1.82, 2.24) is 4.98 Å². The summed E-state index contributed by atoms with van der Waals surface area (Å²) in [5, 5.41) is 24.1. The average molecular weight is 288 g/mol. The van der Waals surface area contributed by atoms with Crippen molar-refractivity contribution >= 4 is 17.2 Å². The monoisotopic (exact) mass is 288 g/mol. The minimum Gasteiger partial charge on any atom is -0.382 e. The molecule has 8 nitrogen and oxygen atoms in total. The summed E-state index contributed by atoms with van der Waals surface area (Å²) in [7, 11) is 0. The lowest BCUT2D eigenvalue weighted by Crippen LogP contribution is -2.05. The van der Waals surface area contributed by atoms with Crippen LogP contribution in [0.2, 0.25) is 0 Å². The van der Waals surface area contributed by atoms with Gasteiger partial charge in [-0.3, -0.25) is 10.1 Å². The molecule has 1 N–H and O–H groups in total. The molecule has 0 saturated heterocycles. The maximum absolute atomic E-state index is 10.5. The van der Waals surface area contributed by atoms with E-state index >= 15 is 0 Å². The number of nitro benzene ring substituents is 1. The van der Waals surface area contributed by atoms with E-state index in [-0.39, 0.29) is 11.5 Å². The predicted molar refractivity (Wildman–Crippen MR) is 76.2 cm³/mol. The van der Waals surface area contributed by atoms with Gasteiger partial charge in [0.05, 0.1) is 10.6 Å². The molecule has 1 aromatic carbocycles. The number of benzene rings is 1. The van der Waals surface area contributed by atoms with Crippen molar-refractivity contribution in [1.29, 1.82) is 0 Å². The summed E-state index contributed by atoms with van der Waals surface area (Å²) in [6.45, 7) is 0.595. The molecule has 0 aliphatic heterocycles. The Bertz CT molecular complexity index is 583. The molecule has 108 valence electrons. The van der Waals surface area contributed by atoms with Gasteiger partial charge in [-0.2, -0.15) is 0 Å². The van der Waals surface area contributed by atoms with Crippen molar-refractivity contribution in [3.63, 3.8) is 0 Å². The smallest absolute Gasteiger partial charge is 0.363 e. The van der Waals surface area contributed by atoms with E-state index in [2.05, 4.69) is 10.3 Å². The van der Waals surface area contributed by atoms with Crippen LogP contribution in [0.25, 0.3) is 0 Å². The highest BCUT2D eigenvalue weighted by atomic mass is 16.6. The van der Waals surface area contributed by atoms with Crippen LogP contribution in [-0.2, 0) is 6.42 Å². The van der Waals surface area contributed by atoms with Gasteiger partial charge in [0.1, 0.15) is 0 Å². The largest absolute Gasteiger partial charge is 0.382 e. The number of nitrogens with one attached hydrogen (secondary N) is 1. The quantitative estimate of drug-likeness (QED) is 0.645. The third kappa shape index (κ3) is 3.96. The molecule has 0 aliphatic rings. The second kappa shape index (κ2) is 6.42. The number of aromatic nitrogens is 1. The molecular weight excluding hydrogens is 276 g/mol. The molecule has 1 heterocycles. The van der Waals surface area contributed by atoms with Gasteiger partial charge in [0.15, 0.2) is 6.20 Å². The van der Waals surface area contributed by atoms with Gasteiger partial charge in [-0.05, 0) is 28.0 Å². The summed E-state index contributed by atoms with van der Waals surface area (Å²) >= 11 is 0. The molecule has 8 heteroatoms. The summed E-state index contributed by atoms with van der Waals surface area (Å²) in [6.07, 6.45) is 2.07. The second-order valence-corrected chi connectivity index (χ2v) is 4.26. The topological polar surface area (TPSA) is 111 Å². The van der Waals surface area contributed by atoms with Gasteiger partial charge in [-0.1, -0.05) is 12.1 Å². The fourth-order valence-corrected chi connectivity index (χ4v) is 1.73. The molecule has 1 aromatic heterocycles. The van der Waals surface area contributed by atoms with Crippen molar-refractivity contribution < 1.29 is 9.85 Å². The van der Waals surface area contributed by atoms with E-state index in [4.69, 9.17) is 0 Å². The minimum atomic E-state index is -0.555. The molecular formula is C13H12N4O4. The molecule has 0 unspecified atom stereocenters. The molecule has 0 amide bonds. The Morgan fingerprint density at radius 3 is 2.24 bits per heavy atom. The zero-order chi connectivity index (χ0) is 15.2. The van der Waals surface area contributed by atoms with Gasteiger partial charge in [0.25, 0.3) is 5.69 Å². The molecule has 0 radical (unpaired) electrons. The molecule has 0 spiro atoms. The maximum atomic E-state index is 10.5. The van der Waals surface area contributed by atoms with Gasteiger partial charge in [0, 0.05) is 24.7 Å². The highest BCUT2D eigenvalue weighted by Crippen LogP contribution is 2.14. The highest BCUT2D eigenvalue weighted by Gasteiger charge is 2.06. The highest BCUT2D eigenvalue weighted by molar-refractivity contribution is 5.43. The Kier molecular flexibility index (Phi) is 4.39. The third-order valence-corrected chi connectivity index (χ3v) is 2.82. The number of nitrogens with zero attached hydrogens (tertiary/aromatic N) is 3. The Morgan fingerprint density at radius 1 is 1.00 bits per heavy atom. The standard InChI is InChI=1S/C13H12N4O4/c18-16(19)12-4-1-10(2-5-12)7-8-14-11-3-6-13(15-9-11)17(20)21/h1-6,9,14H,7-8H2. The van der Waals surface area contributed by atoms with Crippen LogP contribution in [-0.4, -0.2) is 21.4 Å². The Hall–Kier alpha value is -3.03. The van der Waals surface area contributed by atoms with Crippen LogP contribution in [0.1, 0.15) is 5.56 Å². The molecule has 0 bridgehead atoms. The van der Waals surface area contributed by atoms with Crippen molar-refractivity contribution in [3.05, 3.63) is 68.4 Å². The van der Waals surface area contributed by atoms with Crippen LogP contribution in [0.5, 0.6) is 0 Å². The first-order valence-corrected chi connectivity index (χ1v) is 6.14. The number of anilines is 1. The lowest BCUT2D eigenvalue weighted by Gasteiger charge is -2.04. The number of pyridine rings is 1. The number of rotatable bonds is 6. The first-order valence-electron chi connectivity index (χ1n) is 6.14. The van der Waals surface area contributed by atoms with E-state index in [1.54, 1.807) is 18.2 Å². The van der Waals surface area contributed by atoms with Gasteiger partial charge >= 0.3 is 5.82 Å². The maximum Gasteiger partial charge on any atom is 0.363 e. The van der Waals surface area contributed by atoms with Crippen LogP contribution in [0.3, 0.4) is 0 Å². The first-order chi connectivity index (χ1) is 10.1. The molecule has 0 saturated carbocycles. The van der Waals surface area contributed by atoms with Gasteiger partial charge in [0.2, 0.25) is 0 Å². The SMILES string of the molecule is O=[N+]([O-])c1ccc(CCNc2ccc([N+](=O)[O-])nc2)cc1. The third-order valence-electron chi connectivity index (χ3n) is 2.82. The second-order valence-electron chi connectivity index (χ2n) is 4.26. The first kappa shape index (κ1) is 14.4. The number of hydrogen-bond donors (Lipinski definition) is 1. The number of nitro groups is 2. The normalized spacial score (nSPS) is 10.1. The molecule has 21 heavy (non-hydrogen) atoms. The zero-order valence-corrected chi connectivity index (χ0v) is 10.9. The van der Waals surface area contributed by atoms with E-state index in [0.29, 0.717) is 18.7 Å². The summed E-state index contributed by atoms with van der Waals surface area (Å²) in [4.78, 5) is 23.7. The summed E-state index contributed by atoms with van der Waals surface area (Å²) < 4.78 is 0. The summed E-state index contributed by atoms with van der Waals surface area (Å²) in [5.41, 5.74) is 1.71. The van der Waals surface area contributed by atoms with E-state index in [0.717, 1.165) is 5.56 Å². The van der Waals surface area contributed by atoms with Gasteiger partial charge in [-0.25, -0.2) is 0 Å². The molecule has 0 fully saturated rings. The Balaban J connectivity index is 1.86. The van der Waals surface area contributed by atoms with Gasteiger partial charge in [-0.15, -0.1) is 0 Å². The lowest BCUT2D eigenvalue weighted by molar-refractivity contribution is -0.389. The minimum absolute atomic E-state index is 0.0614. The van der Waals surface area contributed by atoms with E-state index in [1.807, 2.05) is 0 Å². The van der Waals surface area contributed by atoms with Crippen molar-refractivity contribution in [3.8, 4) is 0 Å². The Morgan fingerprint density at radius 2 is 1.71 bits per heavy atom. The fraction of sp³-hybridized carbons (Fsp3) is 0.154. The van der Waals surface area contributed by atoms with Crippen molar-refractivity contribution in [2.75, 3.05) is 11.9 Å². The van der Waals surface area contributed by atoms with Crippen molar-refractivity contribution in [2.24, 2.45) is 0 Å². The van der Waals surface area contributed by atoms with E-state index < -0.39 is 9.85 Å². The zero-order valence-electron chi connectivity index (χ0n) is 10.9. The average Bonchev–Trinajstić information content (AvgIpc) is 2.48. The summed E-state index contributed by atoms with van der Waals surface area (Å²) in [5.74, 6) is -0.198. The lowest BCUT2D eigenvalue weighted by atomic mass is 10.1. The molecule has 0 aliphatic carbocycles. The van der Waals surface area contributed by atoms with Crippen molar-refractivity contribution in [2.45, 2.75) is 6.42 Å². The number of hydrogen-bond acceptors (Lipinski definition) is 6. The van der Waals surface area contributed by atoms with Crippen LogP contribution in [0.15, 0.2) is 42.6 Å². The van der Waals surface area contributed by atoms with Crippen LogP contribution < -0.4 is 5.32 Å².